The van der Waals surface area contributed by atoms with Crippen LogP contribution in [0.2, 0.25) is 0 Å². The molecule has 90 valence electrons. The van der Waals surface area contributed by atoms with Gasteiger partial charge in [0, 0.05) is 0 Å². The summed E-state index contributed by atoms with van der Waals surface area (Å²) >= 11 is 0.146. The van der Waals surface area contributed by atoms with E-state index < -0.39 is 0 Å². The third-order valence-electron chi connectivity index (χ3n) is 2.52. The minimum absolute atomic E-state index is 0.146. The fraction of sp³-hybridized carbons (Fsp3) is 0.545. The number of likely N-dealkylation sites (N-methyl/N-ethyl adjacent to an activating group) is 1. The van der Waals surface area contributed by atoms with Gasteiger partial charge in [-0.15, -0.1) is 0 Å². The number of quaternary nitrogens is 1. The van der Waals surface area contributed by atoms with E-state index in [-0.39, 0.29) is 21.5 Å². The molecule has 2 rings (SSSR count). The van der Waals surface area contributed by atoms with Crippen LogP contribution in [0.5, 0.6) is 0 Å². The van der Waals surface area contributed by atoms with Crippen molar-refractivity contribution >= 4 is 0 Å². The van der Waals surface area contributed by atoms with Crippen molar-refractivity contribution in [3.05, 3.63) is 29.6 Å². The number of pyridine rings is 1. The Hall–Kier alpha value is -0.240. The molecule has 0 amide bonds. The molecule has 1 aliphatic heterocycles. The van der Waals surface area contributed by atoms with Crippen LogP contribution in [0.25, 0.3) is 0 Å². The Labute approximate surface area is 107 Å². The molecule has 1 aliphatic rings. The Morgan fingerprint density at radius 1 is 1.44 bits per heavy atom. The number of halogens is 1. The third kappa shape index (κ3) is 3.97. The van der Waals surface area contributed by atoms with Gasteiger partial charge in [0.05, 0.1) is 0 Å². The molecule has 0 aromatic carbocycles. The first kappa shape index (κ1) is 12.2. The van der Waals surface area contributed by atoms with E-state index in [0.29, 0.717) is 0 Å². The molecule has 0 aliphatic carbocycles. The van der Waals surface area contributed by atoms with Crippen LogP contribution in [-0.2, 0) is 13.1 Å². The summed E-state index contributed by atoms with van der Waals surface area (Å²) in [5.41, 5.74) is 2.36. The van der Waals surface area contributed by atoms with Crippen molar-refractivity contribution in [3.63, 3.8) is 0 Å². The normalized spacial score (nSPS) is 20.3. The fourth-order valence-corrected chi connectivity index (χ4v) is 3.35. The van der Waals surface area contributed by atoms with Crippen LogP contribution in [0.15, 0.2) is 18.2 Å². The molecular formula is C11H19IN4. The van der Waals surface area contributed by atoms with Gasteiger partial charge in [0.15, 0.2) is 0 Å². The summed E-state index contributed by atoms with van der Waals surface area (Å²) in [4.78, 5) is 4.63. The molecule has 0 saturated heterocycles. The Morgan fingerprint density at radius 3 is 3.25 bits per heavy atom. The average Bonchev–Trinajstić information content (AvgIpc) is 2.30. The van der Waals surface area contributed by atoms with E-state index in [1.54, 1.807) is 0 Å². The van der Waals surface area contributed by atoms with E-state index in [9.17, 15) is 0 Å². The van der Waals surface area contributed by atoms with Crippen LogP contribution < -0.4 is 32.1 Å². The van der Waals surface area contributed by atoms with E-state index in [4.69, 9.17) is 0 Å². The summed E-state index contributed by atoms with van der Waals surface area (Å²) in [6.45, 7) is 4.26. The fourth-order valence-electron chi connectivity index (χ4n) is 1.64. The second kappa shape index (κ2) is 6.48. The maximum absolute atomic E-state index is 4.63. The third-order valence-corrected chi connectivity index (χ3v) is 5.05. The van der Waals surface area contributed by atoms with E-state index >= 15 is 0 Å². The molecule has 0 fully saturated rings. The first-order valence-corrected chi connectivity index (χ1v) is 8.11. The summed E-state index contributed by atoms with van der Waals surface area (Å²) in [5, 5.41) is 5.83. The van der Waals surface area contributed by atoms with Crippen molar-refractivity contribution in [3.8, 4) is 0 Å². The second-order valence-electron chi connectivity index (χ2n) is 3.91. The number of hydrogen-bond acceptors (Lipinski definition) is 3. The van der Waals surface area contributed by atoms with Gasteiger partial charge < -0.3 is 0 Å². The molecule has 4 nitrogen and oxygen atoms in total. The van der Waals surface area contributed by atoms with Crippen molar-refractivity contribution in [2.24, 2.45) is 0 Å². The van der Waals surface area contributed by atoms with Gasteiger partial charge in [-0.05, 0) is 0 Å². The molecule has 2 bridgehead atoms. The first-order valence-electron chi connectivity index (χ1n) is 5.62. The van der Waals surface area contributed by atoms with E-state index in [0.717, 1.165) is 23.3 Å². The van der Waals surface area contributed by atoms with Crippen molar-refractivity contribution in [2.45, 2.75) is 13.1 Å². The van der Waals surface area contributed by atoms with Gasteiger partial charge in [-0.1, -0.05) is 0 Å². The van der Waals surface area contributed by atoms with Crippen molar-refractivity contribution in [2.75, 3.05) is 24.7 Å². The number of nitrogens with one attached hydrogen (secondary N) is 1. The Morgan fingerprint density at radius 2 is 2.31 bits per heavy atom. The number of fused-ring (bicyclic) bond motifs is 2. The van der Waals surface area contributed by atoms with Gasteiger partial charge in [0.25, 0.3) is 0 Å². The zero-order chi connectivity index (χ0) is 11.2. The maximum atomic E-state index is 4.63. The van der Waals surface area contributed by atoms with Gasteiger partial charge in [-0.2, -0.15) is 0 Å². The van der Waals surface area contributed by atoms with Crippen LogP contribution in [0.4, 0.5) is 0 Å². The number of hydrogen-bond donors (Lipinski definition) is 2. The van der Waals surface area contributed by atoms with Gasteiger partial charge in [0.2, 0.25) is 0 Å². The zero-order valence-electron chi connectivity index (χ0n) is 9.62. The van der Waals surface area contributed by atoms with Gasteiger partial charge in [0.1, 0.15) is 0 Å². The number of nitrogens with zero attached hydrogens (tertiary/aromatic N) is 2. The standard InChI is InChI=1S/C11H18IN4/c1-16-6-5-13-7-10-3-2-4-11(15-10)8-14-9-12-16/h2-4,13-14H,5-9H2,1H3/q-1/p+1. The molecule has 16 heavy (non-hydrogen) atoms. The van der Waals surface area contributed by atoms with Crippen LogP contribution in [0.1, 0.15) is 11.4 Å². The topological polar surface area (TPSA) is 44.8 Å². The summed E-state index contributed by atoms with van der Waals surface area (Å²) < 4.78 is 3.62. The Bertz CT molecular complexity index is 304. The van der Waals surface area contributed by atoms with E-state index in [2.05, 4.69) is 44.0 Å². The Kier molecular flexibility index (Phi) is 4.95. The molecule has 0 saturated carbocycles. The van der Waals surface area contributed by atoms with Crippen LogP contribution in [0.3, 0.4) is 0 Å². The van der Waals surface area contributed by atoms with Crippen LogP contribution >= 0.6 is 0 Å². The first-order chi connectivity index (χ1) is 7.84. The van der Waals surface area contributed by atoms with Crippen LogP contribution in [-0.4, -0.2) is 32.8 Å². The van der Waals surface area contributed by atoms with E-state index in [1.165, 1.54) is 18.8 Å². The minimum atomic E-state index is 0.146. The monoisotopic (exact) mass is 334 g/mol. The quantitative estimate of drug-likeness (QED) is 0.221. The van der Waals surface area contributed by atoms with Crippen molar-refractivity contribution < 1.29 is 26.8 Å². The number of aromatic nitrogens is 1. The summed E-state index contributed by atoms with van der Waals surface area (Å²) in [5.74, 6) is 0. The molecule has 0 radical (unpaired) electrons. The number of nitrogens with two attached hydrogens (primary N) is 1. The van der Waals surface area contributed by atoms with Crippen molar-refractivity contribution in [1.29, 1.82) is 0 Å². The molecule has 1 aromatic rings. The molecule has 3 N–H and O–H groups in total. The predicted molar refractivity (Wildman–Crippen MR) is 59.1 cm³/mol. The van der Waals surface area contributed by atoms with Gasteiger partial charge in [-0.3, -0.25) is 0 Å². The molecule has 0 atom stereocenters. The summed E-state index contributed by atoms with van der Waals surface area (Å²) in [7, 11) is 2.23. The SMILES string of the molecule is CN1CC[NH2+]Cc2cccc(n2)CNC[I-]1. The van der Waals surface area contributed by atoms with Crippen LogP contribution in [0, 0.1) is 0 Å². The summed E-state index contributed by atoms with van der Waals surface area (Å²) in [6.07, 6.45) is 0. The predicted octanol–water partition coefficient (Wildman–Crippen LogP) is -3.86. The molecule has 0 unspecified atom stereocenters. The molecule has 5 heteroatoms. The number of alkyl halides is 1. The molecule has 2 heterocycles. The van der Waals surface area contributed by atoms with Gasteiger partial charge >= 0.3 is 108 Å². The average molecular weight is 334 g/mol. The Balaban J connectivity index is 2.00. The zero-order valence-corrected chi connectivity index (χ0v) is 11.8. The number of rotatable bonds is 0. The van der Waals surface area contributed by atoms with Gasteiger partial charge in [-0.25, -0.2) is 0 Å². The second-order valence-corrected chi connectivity index (χ2v) is 7.00. The molecular weight excluding hydrogens is 315 g/mol. The molecule has 0 spiro atoms. The van der Waals surface area contributed by atoms with Crippen molar-refractivity contribution in [1.82, 2.24) is 13.4 Å². The molecule has 1 aromatic heterocycles. The van der Waals surface area contributed by atoms with E-state index in [1.807, 2.05) is 0 Å². The summed E-state index contributed by atoms with van der Waals surface area (Å²) in [6, 6.07) is 6.33.